The van der Waals surface area contributed by atoms with Gasteiger partial charge in [-0.2, -0.15) is 0 Å². The van der Waals surface area contributed by atoms with Gasteiger partial charge in [0.1, 0.15) is 23.7 Å². The van der Waals surface area contributed by atoms with Crippen molar-refractivity contribution in [3.63, 3.8) is 0 Å². The largest absolute Gasteiger partial charge is 0.396 e. The summed E-state index contributed by atoms with van der Waals surface area (Å²) in [7, 11) is 0. The van der Waals surface area contributed by atoms with Crippen LogP contribution in [0.25, 0.3) is 22.3 Å². The van der Waals surface area contributed by atoms with Crippen molar-refractivity contribution in [1.82, 2.24) is 9.97 Å². The van der Waals surface area contributed by atoms with Crippen LogP contribution in [0, 0.1) is 18.6 Å². The number of nitrogens with two attached hydrogens (primary N) is 3. The van der Waals surface area contributed by atoms with Crippen molar-refractivity contribution in [3.8, 4) is 0 Å². The lowest BCUT2D eigenvalue weighted by Crippen LogP contribution is -2.23. The second-order valence-corrected chi connectivity index (χ2v) is 5.61. The molecule has 0 aliphatic heterocycles. The van der Waals surface area contributed by atoms with E-state index in [0.29, 0.717) is 5.56 Å². The standard InChI is InChI=1S/C18H16F2N6/c1-9-13-6-10(2-5-15(13)25-8-24-9)16(21)17(26-18(22)23)12-4-3-11(19)7-14(12)20/h2-8H,21H2,1H3,(H4,22,23,26)/b17-16-. The summed E-state index contributed by atoms with van der Waals surface area (Å²) in [5.41, 5.74) is 19.3. The Morgan fingerprint density at radius 2 is 1.77 bits per heavy atom. The first-order valence-electron chi connectivity index (χ1n) is 7.63. The lowest BCUT2D eigenvalue weighted by atomic mass is 10.0. The van der Waals surface area contributed by atoms with Crippen LogP contribution in [-0.4, -0.2) is 15.9 Å². The molecule has 0 fully saturated rings. The van der Waals surface area contributed by atoms with Gasteiger partial charge in [-0.3, -0.25) is 0 Å². The number of hydrogen-bond donors (Lipinski definition) is 3. The first-order chi connectivity index (χ1) is 12.4. The van der Waals surface area contributed by atoms with Crippen LogP contribution in [0.3, 0.4) is 0 Å². The predicted molar refractivity (Wildman–Crippen MR) is 97.4 cm³/mol. The van der Waals surface area contributed by atoms with Gasteiger partial charge in [-0.05, 0) is 31.2 Å². The molecule has 0 saturated heterocycles. The number of fused-ring (bicyclic) bond motifs is 1. The second-order valence-electron chi connectivity index (χ2n) is 5.61. The van der Waals surface area contributed by atoms with Gasteiger partial charge in [0.2, 0.25) is 0 Å². The first kappa shape index (κ1) is 17.3. The normalized spacial score (nSPS) is 12.0. The minimum absolute atomic E-state index is 0.0105. The Kier molecular flexibility index (Phi) is 4.49. The number of hydrogen-bond acceptors (Lipinski definition) is 4. The molecule has 0 spiro atoms. The van der Waals surface area contributed by atoms with E-state index < -0.39 is 11.6 Å². The van der Waals surface area contributed by atoms with Gasteiger partial charge in [0.05, 0.1) is 11.2 Å². The Morgan fingerprint density at radius 3 is 2.46 bits per heavy atom. The maximum atomic E-state index is 14.2. The van der Waals surface area contributed by atoms with Crippen LogP contribution < -0.4 is 17.2 Å². The summed E-state index contributed by atoms with van der Waals surface area (Å²) in [4.78, 5) is 12.3. The summed E-state index contributed by atoms with van der Waals surface area (Å²) < 4.78 is 27.5. The van der Waals surface area contributed by atoms with E-state index in [9.17, 15) is 8.78 Å². The van der Waals surface area contributed by atoms with Crippen LogP contribution in [-0.2, 0) is 0 Å². The topological polar surface area (TPSA) is 116 Å². The summed E-state index contributed by atoms with van der Waals surface area (Å²) in [5, 5.41) is 0.788. The molecule has 6 N–H and O–H groups in total. The molecule has 26 heavy (non-hydrogen) atoms. The van der Waals surface area contributed by atoms with Crippen molar-refractivity contribution in [2.75, 3.05) is 0 Å². The molecule has 0 amide bonds. The molecule has 0 bridgehead atoms. The van der Waals surface area contributed by atoms with E-state index in [4.69, 9.17) is 17.2 Å². The molecule has 0 aliphatic rings. The van der Waals surface area contributed by atoms with Crippen molar-refractivity contribution < 1.29 is 8.78 Å². The minimum Gasteiger partial charge on any atom is -0.396 e. The third kappa shape index (κ3) is 3.30. The molecule has 3 rings (SSSR count). The summed E-state index contributed by atoms with van der Waals surface area (Å²) >= 11 is 0. The fraction of sp³-hybridized carbons (Fsp3) is 0.0556. The molecule has 2 aromatic carbocycles. The molecule has 0 saturated carbocycles. The number of benzene rings is 2. The zero-order chi connectivity index (χ0) is 18.8. The van der Waals surface area contributed by atoms with Crippen LogP contribution in [0.15, 0.2) is 47.7 Å². The monoisotopic (exact) mass is 354 g/mol. The predicted octanol–water partition coefficient (Wildman–Crippen LogP) is 2.27. The fourth-order valence-corrected chi connectivity index (χ4v) is 2.57. The van der Waals surface area contributed by atoms with E-state index in [1.165, 1.54) is 12.4 Å². The minimum atomic E-state index is -0.826. The van der Waals surface area contributed by atoms with Crippen molar-refractivity contribution in [2.24, 2.45) is 22.2 Å². The highest BCUT2D eigenvalue weighted by Crippen LogP contribution is 2.28. The quantitative estimate of drug-likeness (QED) is 0.379. The number of halogens is 2. The fourth-order valence-electron chi connectivity index (χ4n) is 2.57. The van der Waals surface area contributed by atoms with Crippen molar-refractivity contribution >= 4 is 28.3 Å². The van der Waals surface area contributed by atoms with E-state index >= 15 is 0 Å². The lowest BCUT2D eigenvalue weighted by Gasteiger charge is -2.11. The molecule has 1 heterocycles. The molecule has 8 heteroatoms. The van der Waals surface area contributed by atoms with Crippen LogP contribution in [0.2, 0.25) is 0 Å². The molecule has 0 radical (unpaired) electrons. The van der Waals surface area contributed by atoms with E-state index in [1.54, 1.807) is 18.2 Å². The SMILES string of the molecule is Cc1ncnc2ccc(/C(N)=C(/N=C(N)N)c3ccc(F)cc3F)cc12. The highest BCUT2D eigenvalue weighted by Gasteiger charge is 2.15. The molecule has 6 nitrogen and oxygen atoms in total. The van der Waals surface area contributed by atoms with Crippen molar-refractivity contribution in [1.29, 1.82) is 0 Å². The smallest absolute Gasteiger partial charge is 0.191 e. The summed E-state index contributed by atoms with van der Waals surface area (Å²) in [5.74, 6) is -1.84. The third-order valence-corrected chi connectivity index (χ3v) is 3.83. The van der Waals surface area contributed by atoms with Crippen LogP contribution in [0.5, 0.6) is 0 Å². The third-order valence-electron chi connectivity index (χ3n) is 3.83. The number of nitrogens with zero attached hydrogens (tertiary/aromatic N) is 3. The zero-order valence-corrected chi connectivity index (χ0v) is 13.9. The Bertz CT molecular complexity index is 1050. The van der Waals surface area contributed by atoms with Gasteiger partial charge in [-0.1, -0.05) is 6.07 Å². The lowest BCUT2D eigenvalue weighted by molar-refractivity contribution is 0.581. The molecular formula is C18H16F2N6. The van der Waals surface area contributed by atoms with Gasteiger partial charge in [0.15, 0.2) is 5.96 Å². The number of aromatic nitrogens is 2. The van der Waals surface area contributed by atoms with Gasteiger partial charge < -0.3 is 17.2 Å². The van der Waals surface area contributed by atoms with Gasteiger partial charge in [0.25, 0.3) is 0 Å². The molecule has 1 aromatic heterocycles. The first-order valence-corrected chi connectivity index (χ1v) is 7.63. The average Bonchev–Trinajstić information content (AvgIpc) is 2.59. The number of rotatable bonds is 3. The molecule has 0 aliphatic carbocycles. The van der Waals surface area contributed by atoms with Gasteiger partial charge in [0, 0.05) is 28.3 Å². The summed E-state index contributed by atoms with van der Waals surface area (Å²) in [6, 6.07) is 8.32. The second kappa shape index (κ2) is 6.75. The molecule has 0 atom stereocenters. The van der Waals surface area contributed by atoms with Gasteiger partial charge >= 0.3 is 0 Å². The maximum Gasteiger partial charge on any atom is 0.191 e. The highest BCUT2D eigenvalue weighted by molar-refractivity contribution is 5.96. The van der Waals surface area contributed by atoms with E-state index in [-0.39, 0.29) is 22.9 Å². The molecule has 3 aromatic rings. The number of aliphatic imine (C=N–C) groups is 1. The van der Waals surface area contributed by atoms with Crippen LogP contribution in [0.4, 0.5) is 8.78 Å². The highest BCUT2D eigenvalue weighted by atomic mass is 19.1. The molecule has 0 unspecified atom stereocenters. The summed E-state index contributed by atoms with van der Waals surface area (Å²) in [6.45, 7) is 1.84. The maximum absolute atomic E-state index is 14.2. The van der Waals surface area contributed by atoms with E-state index in [2.05, 4.69) is 15.0 Å². The van der Waals surface area contributed by atoms with Gasteiger partial charge in [-0.15, -0.1) is 0 Å². The summed E-state index contributed by atoms with van der Waals surface area (Å²) in [6.07, 6.45) is 1.47. The zero-order valence-electron chi connectivity index (χ0n) is 13.9. The molecular weight excluding hydrogens is 338 g/mol. The number of guanidine groups is 1. The van der Waals surface area contributed by atoms with Crippen molar-refractivity contribution in [3.05, 3.63) is 71.2 Å². The average molecular weight is 354 g/mol. The van der Waals surface area contributed by atoms with Gasteiger partial charge in [-0.25, -0.2) is 23.7 Å². The Morgan fingerprint density at radius 1 is 1.00 bits per heavy atom. The van der Waals surface area contributed by atoms with E-state index in [1.807, 2.05) is 6.92 Å². The van der Waals surface area contributed by atoms with Crippen LogP contribution >= 0.6 is 0 Å². The van der Waals surface area contributed by atoms with Crippen LogP contribution in [0.1, 0.15) is 16.8 Å². The molecule has 132 valence electrons. The van der Waals surface area contributed by atoms with Crippen molar-refractivity contribution in [2.45, 2.75) is 6.92 Å². The van der Waals surface area contributed by atoms with E-state index in [0.717, 1.165) is 28.7 Å². The Balaban J connectivity index is 2.25. The Labute approximate surface area is 148 Å². The number of aryl methyl sites for hydroxylation is 1. The Hall–Kier alpha value is -3.55.